The summed E-state index contributed by atoms with van der Waals surface area (Å²) in [7, 11) is 3.91. The van der Waals surface area contributed by atoms with Crippen LogP contribution < -0.4 is 10.6 Å². The lowest BCUT2D eigenvalue weighted by atomic mass is 10.2. The van der Waals surface area contributed by atoms with Crippen molar-refractivity contribution in [2.45, 2.75) is 6.92 Å². The maximum atomic E-state index is 11.9. The first-order chi connectivity index (χ1) is 11.0. The van der Waals surface area contributed by atoms with Crippen LogP contribution >= 0.6 is 11.6 Å². The Bertz CT molecular complexity index is 673. The summed E-state index contributed by atoms with van der Waals surface area (Å²) in [6.07, 6.45) is 3.01. The molecule has 1 aromatic heterocycles. The van der Waals surface area contributed by atoms with Crippen LogP contribution in [0, 0.1) is 6.92 Å². The highest BCUT2D eigenvalue weighted by Gasteiger charge is 2.07. The molecule has 122 valence electrons. The second-order valence-corrected chi connectivity index (χ2v) is 5.88. The Labute approximate surface area is 140 Å². The third-order valence-electron chi connectivity index (χ3n) is 3.19. The highest BCUT2D eigenvalue weighted by atomic mass is 35.5. The van der Waals surface area contributed by atoms with Gasteiger partial charge in [-0.05, 0) is 44.8 Å². The fraction of sp³-hybridized carbons (Fsp3) is 0.312. The quantitative estimate of drug-likeness (QED) is 0.850. The minimum Gasteiger partial charge on any atom is -0.351 e. The molecule has 7 heteroatoms. The number of nitrogens with zero attached hydrogens (tertiary/aromatic N) is 3. The standard InChI is InChI=1S/C16H20ClN5O/c1-11-8-13(17)4-5-14(11)21-16-19-9-12(10-20-16)15(23)18-6-7-22(2)3/h4-5,8-10H,6-7H2,1-3H3,(H,18,23)(H,19,20,21). The molecule has 6 nitrogen and oxygen atoms in total. The van der Waals surface area contributed by atoms with Gasteiger partial charge < -0.3 is 15.5 Å². The van der Waals surface area contributed by atoms with Crippen molar-refractivity contribution in [2.75, 3.05) is 32.5 Å². The predicted molar refractivity (Wildman–Crippen MR) is 92.4 cm³/mol. The molecule has 0 aliphatic heterocycles. The van der Waals surface area contributed by atoms with Crippen molar-refractivity contribution in [3.63, 3.8) is 0 Å². The number of likely N-dealkylation sites (N-methyl/N-ethyl adjacent to an activating group) is 1. The summed E-state index contributed by atoms with van der Waals surface area (Å²) in [6, 6.07) is 5.52. The van der Waals surface area contributed by atoms with Crippen LogP contribution in [-0.2, 0) is 0 Å². The molecule has 2 N–H and O–H groups in total. The van der Waals surface area contributed by atoms with Crippen LogP contribution in [0.3, 0.4) is 0 Å². The number of carbonyl (C=O) groups excluding carboxylic acids is 1. The summed E-state index contributed by atoms with van der Waals surface area (Å²) in [5, 5.41) is 6.60. The summed E-state index contributed by atoms with van der Waals surface area (Å²) in [5.74, 6) is 0.251. The largest absolute Gasteiger partial charge is 0.351 e. The maximum Gasteiger partial charge on any atom is 0.254 e. The lowest BCUT2D eigenvalue weighted by Crippen LogP contribution is -2.31. The van der Waals surface area contributed by atoms with Crippen LogP contribution in [0.25, 0.3) is 0 Å². The van der Waals surface area contributed by atoms with E-state index in [9.17, 15) is 4.79 Å². The zero-order valence-electron chi connectivity index (χ0n) is 13.4. The minimum absolute atomic E-state index is 0.180. The monoisotopic (exact) mass is 333 g/mol. The normalized spacial score (nSPS) is 10.7. The van der Waals surface area contributed by atoms with Crippen molar-refractivity contribution in [1.82, 2.24) is 20.2 Å². The number of aromatic nitrogens is 2. The van der Waals surface area contributed by atoms with E-state index in [2.05, 4.69) is 20.6 Å². The van der Waals surface area contributed by atoms with Crippen molar-refractivity contribution < 1.29 is 4.79 Å². The van der Waals surface area contributed by atoms with Crippen molar-refractivity contribution in [1.29, 1.82) is 0 Å². The number of aryl methyl sites for hydroxylation is 1. The number of amides is 1. The minimum atomic E-state index is -0.180. The van der Waals surface area contributed by atoms with Gasteiger partial charge in [0, 0.05) is 36.2 Å². The van der Waals surface area contributed by atoms with E-state index in [0.717, 1.165) is 17.8 Å². The first-order valence-corrected chi connectivity index (χ1v) is 7.61. The van der Waals surface area contributed by atoms with E-state index in [1.807, 2.05) is 38.1 Å². The van der Waals surface area contributed by atoms with E-state index in [4.69, 9.17) is 11.6 Å². The van der Waals surface area contributed by atoms with Gasteiger partial charge in [0.15, 0.2) is 0 Å². The van der Waals surface area contributed by atoms with Crippen molar-refractivity contribution in [2.24, 2.45) is 0 Å². The zero-order valence-corrected chi connectivity index (χ0v) is 14.2. The van der Waals surface area contributed by atoms with Crippen LogP contribution in [0.4, 0.5) is 11.6 Å². The van der Waals surface area contributed by atoms with E-state index in [0.29, 0.717) is 23.1 Å². The van der Waals surface area contributed by atoms with Crippen molar-refractivity contribution in [3.8, 4) is 0 Å². The van der Waals surface area contributed by atoms with Gasteiger partial charge in [-0.3, -0.25) is 4.79 Å². The molecule has 0 spiro atoms. The van der Waals surface area contributed by atoms with Gasteiger partial charge in [0.05, 0.1) is 5.56 Å². The Morgan fingerprint density at radius 2 is 1.96 bits per heavy atom. The average Bonchev–Trinajstić information content (AvgIpc) is 2.50. The number of rotatable bonds is 6. The van der Waals surface area contributed by atoms with Gasteiger partial charge in [-0.1, -0.05) is 11.6 Å². The van der Waals surface area contributed by atoms with Gasteiger partial charge in [-0.2, -0.15) is 0 Å². The van der Waals surface area contributed by atoms with Gasteiger partial charge in [-0.15, -0.1) is 0 Å². The molecule has 0 fully saturated rings. The van der Waals surface area contributed by atoms with Crippen molar-refractivity contribution >= 4 is 29.1 Å². The molecule has 0 saturated carbocycles. The second-order valence-electron chi connectivity index (χ2n) is 5.44. The second kappa shape index (κ2) is 7.89. The number of carbonyl (C=O) groups is 1. The molecule has 2 aromatic rings. The summed E-state index contributed by atoms with van der Waals surface area (Å²) in [6.45, 7) is 3.30. The molecule has 0 aliphatic rings. The Morgan fingerprint density at radius 1 is 1.26 bits per heavy atom. The van der Waals surface area contributed by atoms with E-state index in [1.165, 1.54) is 12.4 Å². The Kier molecular flexibility index (Phi) is 5.90. The average molecular weight is 334 g/mol. The molecule has 1 aromatic carbocycles. The number of hydrogen-bond acceptors (Lipinski definition) is 5. The molecule has 0 radical (unpaired) electrons. The lowest BCUT2D eigenvalue weighted by molar-refractivity contribution is 0.0950. The molecular formula is C16H20ClN5O. The Hall–Kier alpha value is -2.18. The molecule has 1 heterocycles. The zero-order chi connectivity index (χ0) is 16.8. The molecule has 1 amide bonds. The summed E-state index contributed by atoms with van der Waals surface area (Å²) in [5.41, 5.74) is 2.30. The highest BCUT2D eigenvalue weighted by Crippen LogP contribution is 2.21. The fourth-order valence-corrected chi connectivity index (χ4v) is 2.12. The topological polar surface area (TPSA) is 70.2 Å². The van der Waals surface area contributed by atoms with E-state index in [-0.39, 0.29) is 5.91 Å². The van der Waals surface area contributed by atoms with Gasteiger partial charge in [0.25, 0.3) is 5.91 Å². The maximum absolute atomic E-state index is 11.9. The molecule has 2 rings (SSSR count). The van der Waals surface area contributed by atoms with Crippen molar-refractivity contribution in [3.05, 3.63) is 46.7 Å². The van der Waals surface area contributed by atoms with Crippen LogP contribution in [0.15, 0.2) is 30.6 Å². The number of anilines is 2. The Balaban J connectivity index is 1.97. The number of benzene rings is 1. The van der Waals surface area contributed by atoms with E-state index in [1.54, 1.807) is 6.07 Å². The predicted octanol–water partition coefficient (Wildman–Crippen LogP) is 2.47. The van der Waals surface area contributed by atoms with Crippen LogP contribution in [-0.4, -0.2) is 48.0 Å². The number of nitrogens with one attached hydrogen (secondary N) is 2. The molecule has 0 atom stereocenters. The third-order valence-corrected chi connectivity index (χ3v) is 3.43. The third kappa shape index (κ3) is 5.19. The summed E-state index contributed by atoms with van der Waals surface area (Å²) < 4.78 is 0. The SMILES string of the molecule is Cc1cc(Cl)ccc1Nc1ncc(C(=O)NCCN(C)C)cn1. The van der Waals surface area contributed by atoms with Crippen LogP contribution in [0.2, 0.25) is 5.02 Å². The molecule has 0 aliphatic carbocycles. The first kappa shape index (κ1) is 17.2. The number of hydrogen-bond donors (Lipinski definition) is 2. The summed E-state index contributed by atoms with van der Waals surface area (Å²) >= 11 is 5.93. The fourth-order valence-electron chi connectivity index (χ4n) is 1.89. The Morgan fingerprint density at radius 3 is 2.57 bits per heavy atom. The van der Waals surface area contributed by atoms with E-state index < -0.39 is 0 Å². The molecule has 0 unspecified atom stereocenters. The smallest absolute Gasteiger partial charge is 0.254 e. The van der Waals surface area contributed by atoms with E-state index >= 15 is 0 Å². The number of halogens is 1. The van der Waals surface area contributed by atoms with Gasteiger partial charge >= 0.3 is 0 Å². The highest BCUT2D eigenvalue weighted by molar-refractivity contribution is 6.30. The van der Waals surface area contributed by atoms with Crippen LogP contribution in [0.5, 0.6) is 0 Å². The first-order valence-electron chi connectivity index (χ1n) is 7.24. The van der Waals surface area contributed by atoms with Gasteiger partial charge in [-0.25, -0.2) is 9.97 Å². The molecule has 23 heavy (non-hydrogen) atoms. The van der Waals surface area contributed by atoms with Gasteiger partial charge in [0.1, 0.15) is 0 Å². The van der Waals surface area contributed by atoms with Gasteiger partial charge in [0.2, 0.25) is 5.95 Å². The summed E-state index contributed by atoms with van der Waals surface area (Å²) in [4.78, 5) is 22.3. The lowest BCUT2D eigenvalue weighted by Gasteiger charge is -2.11. The molecule has 0 saturated heterocycles. The molecule has 0 bridgehead atoms. The molecular weight excluding hydrogens is 314 g/mol. The van der Waals surface area contributed by atoms with Crippen LogP contribution in [0.1, 0.15) is 15.9 Å².